The van der Waals surface area contributed by atoms with E-state index in [4.69, 9.17) is 16.3 Å². The van der Waals surface area contributed by atoms with Crippen LogP contribution in [0.5, 0.6) is 5.75 Å². The molecule has 0 radical (unpaired) electrons. The van der Waals surface area contributed by atoms with E-state index < -0.39 is 6.10 Å². The summed E-state index contributed by atoms with van der Waals surface area (Å²) in [6.45, 7) is 3.80. The summed E-state index contributed by atoms with van der Waals surface area (Å²) in [6, 6.07) is 9.69. The lowest BCUT2D eigenvalue weighted by Gasteiger charge is -2.14. The number of benzene rings is 2. The first-order valence-corrected chi connectivity index (χ1v) is 6.70. The third-order valence-corrected chi connectivity index (χ3v) is 3.34. The molecule has 0 aliphatic carbocycles. The van der Waals surface area contributed by atoms with Gasteiger partial charge in [-0.15, -0.1) is 0 Å². The Bertz CT molecular complexity index is 611. The van der Waals surface area contributed by atoms with Gasteiger partial charge in [0.2, 0.25) is 0 Å². The highest BCUT2D eigenvalue weighted by atomic mass is 35.5. The van der Waals surface area contributed by atoms with Crippen molar-refractivity contribution in [2.75, 3.05) is 0 Å². The number of aliphatic hydroxyl groups excluding tert-OH is 1. The normalized spacial score (nSPS) is 12.2. The molecule has 0 aliphatic heterocycles. The van der Waals surface area contributed by atoms with Crippen LogP contribution in [0.3, 0.4) is 0 Å². The third kappa shape index (κ3) is 3.50. The van der Waals surface area contributed by atoms with Gasteiger partial charge in [0.05, 0.1) is 6.10 Å². The molecule has 0 bridgehead atoms. The molecule has 2 rings (SSSR count). The number of hydrogen-bond acceptors (Lipinski definition) is 2. The van der Waals surface area contributed by atoms with E-state index in [2.05, 4.69) is 0 Å². The van der Waals surface area contributed by atoms with Crippen molar-refractivity contribution < 1.29 is 14.2 Å². The Hall–Kier alpha value is -1.58. The largest absolute Gasteiger partial charge is 0.489 e. The van der Waals surface area contributed by atoms with Crippen LogP contribution >= 0.6 is 11.6 Å². The lowest BCUT2D eigenvalue weighted by Crippen LogP contribution is -2.02. The summed E-state index contributed by atoms with van der Waals surface area (Å²) in [6.07, 6.45) is -0.669. The number of halogens is 2. The molecular weight excluding hydrogens is 279 g/mol. The molecule has 20 heavy (non-hydrogen) atoms. The fourth-order valence-corrected chi connectivity index (χ4v) is 2.13. The van der Waals surface area contributed by atoms with E-state index in [0.29, 0.717) is 22.9 Å². The van der Waals surface area contributed by atoms with Gasteiger partial charge in [0, 0.05) is 10.6 Å². The molecule has 0 heterocycles. The van der Waals surface area contributed by atoms with Gasteiger partial charge < -0.3 is 9.84 Å². The van der Waals surface area contributed by atoms with Gasteiger partial charge in [0.15, 0.2) is 0 Å². The van der Waals surface area contributed by atoms with E-state index in [9.17, 15) is 9.50 Å². The maximum atomic E-state index is 13.0. The molecule has 106 valence electrons. The van der Waals surface area contributed by atoms with E-state index in [0.717, 1.165) is 11.1 Å². The first kappa shape index (κ1) is 14.8. The number of ether oxygens (including phenoxy) is 1. The Kier molecular flexibility index (Phi) is 4.63. The number of hydrogen-bond donors (Lipinski definition) is 1. The maximum Gasteiger partial charge on any atom is 0.125 e. The second-order valence-corrected chi connectivity index (χ2v) is 5.15. The molecule has 2 nitrogen and oxygen atoms in total. The van der Waals surface area contributed by atoms with Crippen LogP contribution in [0.2, 0.25) is 5.02 Å². The van der Waals surface area contributed by atoms with Crippen molar-refractivity contribution in [2.24, 2.45) is 0 Å². The highest BCUT2D eigenvalue weighted by Crippen LogP contribution is 2.29. The summed E-state index contributed by atoms with van der Waals surface area (Å²) in [5.41, 5.74) is 2.37. The molecular formula is C16H16ClFO2. The van der Waals surface area contributed by atoms with E-state index in [1.807, 2.05) is 6.92 Å². The second-order valence-electron chi connectivity index (χ2n) is 4.72. The highest BCUT2D eigenvalue weighted by molar-refractivity contribution is 6.30. The molecule has 4 heteroatoms. The van der Waals surface area contributed by atoms with Gasteiger partial charge in [0.1, 0.15) is 18.2 Å². The van der Waals surface area contributed by atoms with E-state index in [1.165, 1.54) is 12.1 Å². The van der Waals surface area contributed by atoms with Crippen LogP contribution in [0, 0.1) is 12.7 Å². The minimum Gasteiger partial charge on any atom is -0.489 e. The van der Waals surface area contributed by atoms with Crippen molar-refractivity contribution in [3.63, 3.8) is 0 Å². The summed E-state index contributed by atoms with van der Waals surface area (Å²) >= 11 is 5.91. The standard InChI is InChI=1S/C16H16ClFO2/c1-10-7-14(18)5-3-12(10)9-20-16-6-4-13(17)8-15(16)11(2)19/h3-8,11,19H,9H2,1-2H3/t11-/m1/s1. The summed E-state index contributed by atoms with van der Waals surface area (Å²) in [5, 5.41) is 10.3. The molecule has 2 aromatic rings. The van der Waals surface area contributed by atoms with Gasteiger partial charge >= 0.3 is 0 Å². The van der Waals surface area contributed by atoms with Crippen LogP contribution in [-0.2, 0) is 6.61 Å². The van der Waals surface area contributed by atoms with Crippen molar-refractivity contribution in [2.45, 2.75) is 26.6 Å². The monoisotopic (exact) mass is 294 g/mol. The molecule has 0 unspecified atom stereocenters. The number of rotatable bonds is 4. The lowest BCUT2D eigenvalue weighted by molar-refractivity contribution is 0.190. The molecule has 0 amide bonds. The van der Waals surface area contributed by atoms with Crippen LogP contribution in [0.4, 0.5) is 4.39 Å². The highest BCUT2D eigenvalue weighted by Gasteiger charge is 2.11. The molecule has 1 N–H and O–H groups in total. The Morgan fingerprint density at radius 1 is 1.25 bits per heavy atom. The summed E-state index contributed by atoms with van der Waals surface area (Å²) in [4.78, 5) is 0. The Morgan fingerprint density at radius 2 is 2.00 bits per heavy atom. The molecule has 1 atom stereocenters. The SMILES string of the molecule is Cc1cc(F)ccc1COc1ccc(Cl)cc1[C@@H](C)O. The van der Waals surface area contributed by atoms with Gasteiger partial charge in [-0.1, -0.05) is 17.7 Å². The van der Waals surface area contributed by atoms with Crippen molar-refractivity contribution in [3.8, 4) is 5.75 Å². The van der Waals surface area contributed by atoms with Crippen molar-refractivity contribution in [3.05, 3.63) is 63.9 Å². The molecule has 0 aromatic heterocycles. The predicted octanol–water partition coefficient (Wildman–Crippen LogP) is 4.42. The van der Waals surface area contributed by atoms with Gasteiger partial charge in [-0.25, -0.2) is 4.39 Å². The Balaban J connectivity index is 2.18. The van der Waals surface area contributed by atoms with Gasteiger partial charge in [-0.05, 0) is 55.3 Å². The lowest BCUT2D eigenvalue weighted by atomic mass is 10.1. The fraction of sp³-hybridized carbons (Fsp3) is 0.250. The van der Waals surface area contributed by atoms with Crippen LogP contribution < -0.4 is 4.74 Å². The first-order chi connectivity index (χ1) is 9.47. The zero-order valence-corrected chi connectivity index (χ0v) is 12.1. The van der Waals surface area contributed by atoms with E-state index in [1.54, 1.807) is 31.2 Å². The minimum atomic E-state index is -0.669. The van der Waals surface area contributed by atoms with Gasteiger partial charge in [-0.2, -0.15) is 0 Å². The predicted molar refractivity (Wildman–Crippen MR) is 77.6 cm³/mol. The van der Waals surface area contributed by atoms with Crippen molar-refractivity contribution in [1.29, 1.82) is 0 Å². The minimum absolute atomic E-state index is 0.262. The Labute approximate surface area is 122 Å². The topological polar surface area (TPSA) is 29.5 Å². The maximum absolute atomic E-state index is 13.0. The van der Waals surface area contributed by atoms with Crippen LogP contribution in [0.1, 0.15) is 29.7 Å². The molecule has 0 fully saturated rings. The zero-order valence-electron chi connectivity index (χ0n) is 11.4. The van der Waals surface area contributed by atoms with Gasteiger partial charge in [0.25, 0.3) is 0 Å². The first-order valence-electron chi connectivity index (χ1n) is 6.32. The summed E-state index contributed by atoms with van der Waals surface area (Å²) in [5.74, 6) is 0.315. The van der Waals surface area contributed by atoms with Crippen molar-refractivity contribution in [1.82, 2.24) is 0 Å². The quantitative estimate of drug-likeness (QED) is 0.904. The molecule has 2 aromatic carbocycles. The molecule has 0 spiro atoms. The number of aryl methyl sites for hydroxylation is 1. The molecule has 0 saturated heterocycles. The van der Waals surface area contributed by atoms with Crippen LogP contribution in [0.15, 0.2) is 36.4 Å². The average Bonchev–Trinajstić information content (AvgIpc) is 2.38. The van der Waals surface area contributed by atoms with Crippen LogP contribution in [0.25, 0.3) is 0 Å². The molecule has 0 aliphatic rings. The van der Waals surface area contributed by atoms with E-state index >= 15 is 0 Å². The van der Waals surface area contributed by atoms with Gasteiger partial charge in [-0.3, -0.25) is 0 Å². The fourth-order valence-electron chi connectivity index (χ4n) is 1.95. The number of aliphatic hydroxyl groups is 1. The average molecular weight is 295 g/mol. The second kappa shape index (κ2) is 6.25. The Morgan fingerprint density at radius 3 is 2.65 bits per heavy atom. The summed E-state index contributed by atoms with van der Waals surface area (Å²) in [7, 11) is 0. The smallest absolute Gasteiger partial charge is 0.125 e. The third-order valence-electron chi connectivity index (χ3n) is 3.11. The van der Waals surface area contributed by atoms with E-state index in [-0.39, 0.29) is 5.82 Å². The zero-order chi connectivity index (χ0) is 14.7. The van der Waals surface area contributed by atoms with Crippen LogP contribution in [-0.4, -0.2) is 5.11 Å². The molecule has 0 saturated carbocycles. The summed E-state index contributed by atoms with van der Waals surface area (Å²) < 4.78 is 18.8. The van der Waals surface area contributed by atoms with Crippen molar-refractivity contribution >= 4 is 11.6 Å².